The molecule has 0 aliphatic rings. The molecule has 0 heterocycles. The maximum atomic E-state index is 12.4. The fourth-order valence-corrected chi connectivity index (χ4v) is 2.57. The highest BCUT2D eigenvalue weighted by molar-refractivity contribution is 7.80. The number of carbonyl (C=O) groups excluding carboxylic acids is 1. The highest BCUT2D eigenvalue weighted by Crippen LogP contribution is 2.21. The maximum absolute atomic E-state index is 12.4. The van der Waals surface area contributed by atoms with Gasteiger partial charge in [-0.2, -0.15) is 0 Å². The van der Waals surface area contributed by atoms with E-state index in [9.17, 15) is 4.79 Å². The van der Waals surface area contributed by atoms with Gasteiger partial charge in [0.25, 0.3) is 0 Å². The minimum atomic E-state index is -0.255. The quantitative estimate of drug-likeness (QED) is 0.712. The van der Waals surface area contributed by atoms with Gasteiger partial charge in [0.15, 0.2) is 0 Å². The Balaban J connectivity index is 1.77. The SMILES string of the molecule is CN(C(=O)NC(=S)c1ccccc1)c1ccc2ccccc2c1. The van der Waals surface area contributed by atoms with Gasteiger partial charge in [0.1, 0.15) is 4.99 Å². The van der Waals surface area contributed by atoms with E-state index in [2.05, 4.69) is 5.32 Å². The molecule has 3 nitrogen and oxygen atoms in total. The zero-order chi connectivity index (χ0) is 16.2. The van der Waals surface area contributed by atoms with E-state index in [1.54, 1.807) is 11.9 Å². The Morgan fingerprint density at radius 1 is 0.913 bits per heavy atom. The fraction of sp³-hybridized carbons (Fsp3) is 0.0526. The monoisotopic (exact) mass is 320 g/mol. The van der Waals surface area contributed by atoms with E-state index in [1.165, 1.54) is 0 Å². The van der Waals surface area contributed by atoms with Gasteiger partial charge in [-0.3, -0.25) is 10.2 Å². The number of urea groups is 1. The predicted octanol–water partition coefficient (Wildman–Crippen LogP) is 4.36. The maximum Gasteiger partial charge on any atom is 0.326 e. The molecule has 0 aromatic heterocycles. The summed E-state index contributed by atoms with van der Waals surface area (Å²) in [5, 5.41) is 5.00. The molecule has 3 aromatic rings. The van der Waals surface area contributed by atoms with Crippen LogP contribution in [0.1, 0.15) is 5.56 Å². The van der Waals surface area contributed by atoms with Crippen molar-refractivity contribution >= 4 is 39.7 Å². The van der Waals surface area contributed by atoms with E-state index in [1.807, 2.05) is 72.8 Å². The van der Waals surface area contributed by atoms with Crippen LogP contribution < -0.4 is 10.2 Å². The highest BCUT2D eigenvalue weighted by Gasteiger charge is 2.13. The first-order valence-corrected chi connectivity index (χ1v) is 7.69. The summed E-state index contributed by atoms with van der Waals surface area (Å²) < 4.78 is 0. The Hall–Kier alpha value is -2.72. The van der Waals surface area contributed by atoms with Crippen molar-refractivity contribution in [3.05, 3.63) is 78.4 Å². The van der Waals surface area contributed by atoms with Gasteiger partial charge in [0.2, 0.25) is 0 Å². The topological polar surface area (TPSA) is 32.3 Å². The number of rotatable bonds is 2. The molecule has 0 aliphatic carbocycles. The number of nitrogens with zero attached hydrogens (tertiary/aromatic N) is 1. The van der Waals surface area contributed by atoms with Gasteiger partial charge in [-0.25, -0.2) is 4.79 Å². The summed E-state index contributed by atoms with van der Waals surface area (Å²) >= 11 is 5.28. The number of benzene rings is 3. The third-order valence-corrected chi connectivity index (χ3v) is 4.02. The van der Waals surface area contributed by atoms with Crippen LogP contribution in [-0.4, -0.2) is 18.1 Å². The molecule has 23 heavy (non-hydrogen) atoms. The van der Waals surface area contributed by atoms with Gasteiger partial charge in [-0.15, -0.1) is 0 Å². The molecule has 1 N–H and O–H groups in total. The van der Waals surface area contributed by atoms with E-state index in [4.69, 9.17) is 12.2 Å². The molecule has 3 rings (SSSR count). The summed E-state index contributed by atoms with van der Waals surface area (Å²) in [4.78, 5) is 14.4. The van der Waals surface area contributed by atoms with Crippen LogP contribution >= 0.6 is 12.2 Å². The summed E-state index contributed by atoms with van der Waals surface area (Å²) in [7, 11) is 1.73. The van der Waals surface area contributed by atoms with Gasteiger partial charge >= 0.3 is 6.03 Å². The number of nitrogens with one attached hydrogen (secondary N) is 1. The normalized spacial score (nSPS) is 10.3. The molecule has 0 bridgehead atoms. The molecule has 2 amide bonds. The van der Waals surface area contributed by atoms with Crippen LogP contribution in [0.4, 0.5) is 10.5 Å². The third-order valence-electron chi connectivity index (χ3n) is 3.68. The minimum Gasteiger partial charge on any atom is -0.298 e. The van der Waals surface area contributed by atoms with Gasteiger partial charge < -0.3 is 0 Å². The summed E-state index contributed by atoms with van der Waals surface area (Å²) in [5.41, 5.74) is 1.64. The molecule has 4 heteroatoms. The van der Waals surface area contributed by atoms with E-state index < -0.39 is 0 Å². The minimum absolute atomic E-state index is 0.255. The van der Waals surface area contributed by atoms with Crippen LogP contribution in [0.5, 0.6) is 0 Å². The summed E-state index contributed by atoms with van der Waals surface area (Å²) in [5.74, 6) is 0. The number of thiocarbonyl (C=S) groups is 1. The largest absolute Gasteiger partial charge is 0.326 e. The fourth-order valence-electron chi connectivity index (χ4n) is 2.35. The number of carbonyl (C=O) groups is 1. The molecule has 0 saturated carbocycles. The number of amides is 2. The molecular formula is C19H16N2OS. The van der Waals surface area contributed by atoms with E-state index >= 15 is 0 Å². The van der Waals surface area contributed by atoms with Crippen LogP contribution in [0.3, 0.4) is 0 Å². The van der Waals surface area contributed by atoms with Crippen molar-refractivity contribution in [1.82, 2.24) is 5.32 Å². The average Bonchev–Trinajstić information content (AvgIpc) is 2.61. The van der Waals surface area contributed by atoms with Crippen molar-refractivity contribution in [3.63, 3.8) is 0 Å². The zero-order valence-electron chi connectivity index (χ0n) is 12.7. The van der Waals surface area contributed by atoms with Gasteiger partial charge in [0, 0.05) is 18.3 Å². The van der Waals surface area contributed by atoms with Crippen LogP contribution in [0.15, 0.2) is 72.8 Å². The molecule has 3 aromatic carbocycles. The van der Waals surface area contributed by atoms with E-state index in [0.29, 0.717) is 4.99 Å². The summed E-state index contributed by atoms with van der Waals surface area (Å²) in [6, 6.07) is 23.1. The van der Waals surface area contributed by atoms with Gasteiger partial charge in [-0.1, -0.05) is 72.9 Å². The van der Waals surface area contributed by atoms with Crippen LogP contribution in [-0.2, 0) is 0 Å². The lowest BCUT2D eigenvalue weighted by molar-refractivity contribution is 0.252. The Morgan fingerprint density at radius 2 is 1.57 bits per heavy atom. The number of hydrogen-bond acceptors (Lipinski definition) is 2. The molecule has 0 atom stereocenters. The Kier molecular flexibility index (Phi) is 4.35. The lowest BCUT2D eigenvalue weighted by Gasteiger charge is -2.19. The smallest absolute Gasteiger partial charge is 0.298 e. The first kappa shape index (κ1) is 15.2. The zero-order valence-corrected chi connectivity index (χ0v) is 13.5. The lowest BCUT2D eigenvalue weighted by Crippen LogP contribution is -2.40. The van der Waals surface area contributed by atoms with E-state index in [-0.39, 0.29) is 6.03 Å². The first-order valence-electron chi connectivity index (χ1n) is 7.28. The van der Waals surface area contributed by atoms with Crippen molar-refractivity contribution in [2.75, 3.05) is 11.9 Å². The molecular weight excluding hydrogens is 304 g/mol. The number of anilines is 1. The second-order valence-electron chi connectivity index (χ2n) is 5.22. The van der Waals surface area contributed by atoms with Crippen LogP contribution in [0, 0.1) is 0 Å². The van der Waals surface area contributed by atoms with Crippen molar-refractivity contribution in [2.24, 2.45) is 0 Å². The molecule has 0 radical (unpaired) electrons. The molecule has 0 unspecified atom stereocenters. The lowest BCUT2D eigenvalue weighted by atomic mass is 10.1. The second-order valence-corrected chi connectivity index (χ2v) is 5.62. The molecule has 0 aliphatic heterocycles. The standard InChI is InChI=1S/C19H16N2OS/c1-21(17-12-11-14-7-5-6-10-16(14)13-17)19(22)20-18(23)15-8-3-2-4-9-15/h2-13H,1H3,(H,20,22,23). The van der Waals surface area contributed by atoms with Crippen molar-refractivity contribution < 1.29 is 4.79 Å². The molecule has 0 spiro atoms. The van der Waals surface area contributed by atoms with Crippen molar-refractivity contribution in [3.8, 4) is 0 Å². The molecule has 0 saturated heterocycles. The van der Waals surface area contributed by atoms with E-state index in [0.717, 1.165) is 22.0 Å². The summed E-state index contributed by atoms with van der Waals surface area (Å²) in [6.45, 7) is 0. The predicted molar refractivity (Wildman–Crippen MR) is 99.0 cm³/mol. The van der Waals surface area contributed by atoms with Crippen molar-refractivity contribution in [2.45, 2.75) is 0 Å². The molecule has 0 fully saturated rings. The number of fused-ring (bicyclic) bond motifs is 1. The Morgan fingerprint density at radius 3 is 2.30 bits per heavy atom. The third kappa shape index (κ3) is 3.38. The van der Waals surface area contributed by atoms with Crippen LogP contribution in [0.2, 0.25) is 0 Å². The van der Waals surface area contributed by atoms with Gasteiger partial charge in [-0.05, 0) is 22.9 Å². The number of hydrogen-bond donors (Lipinski definition) is 1. The molecule has 114 valence electrons. The van der Waals surface area contributed by atoms with Crippen molar-refractivity contribution in [1.29, 1.82) is 0 Å². The van der Waals surface area contributed by atoms with Crippen LogP contribution in [0.25, 0.3) is 10.8 Å². The Bertz CT molecular complexity index is 861. The first-order chi connectivity index (χ1) is 11.1. The van der Waals surface area contributed by atoms with Gasteiger partial charge in [0.05, 0.1) is 0 Å². The average molecular weight is 320 g/mol. The highest BCUT2D eigenvalue weighted by atomic mass is 32.1. The Labute approximate surface area is 140 Å². The second kappa shape index (κ2) is 6.58. The summed E-state index contributed by atoms with van der Waals surface area (Å²) in [6.07, 6.45) is 0.